The second kappa shape index (κ2) is 57.7. The van der Waals surface area contributed by atoms with Crippen molar-refractivity contribution >= 4 is 19.7 Å². The highest BCUT2D eigenvalue weighted by molar-refractivity contribution is 7.47. The molecule has 9 nitrogen and oxygen atoms in total. The summed E-state index contributed by atoms with van der Waals surface area (Å²) < 4.78 is 30.7. The van der Waals surface area contributed by atoms with E-state index in [1.54, 1.807) is 0 Å². The van der Waals surface area contributed by atoms with Crippen LogP contribution in [0.3, 0.4) is 0 Å². The fraction of sp³-hybridized carbons (Fsp3) is 0.794. The molecule has 10 heteroatoms. The standard InChI is InChI=1S/C68H125N2O7P/c1-7-10-13-16-19-22-25-28-29-30-31-32-33-34-35-36-37-38-39-40-41-43-45-48-51-54-57-60-67(71)69-65(64-76-78(73,74)75-63-62-70(4,5)6)66(59-56-53-50-47-44-27-24-21-18-15-12-9-3)77-68(72)61-58-55-52-49-46-42-26-23-20-17-14-11-8-2/h11,14,17,19-20,22-23,26,28-29,56,59,65-66H,7-10,12-13,15-16,18,21,24-25,27,30-55,57-58,60-64H2,1-6H3,(H-,69,71,73,74)/p+1/b14-11+,20-17+,22-19-,26-23-,29-28-,59-56-. The number of esters is 1. The van der Waals surface area contributed by atoms with Crippen molar-refractivity contribution in [1.82, 2.24) is 5.32 Å². The molecule has 454 valence electrons. The van der Waals surface area contributed by atoms with E-state index < -0.39 is 20.0 Å². The molecule has 0 bridgehead atoms. The van der Waals surface area contributed by atoms with E-state index in [1.165, 1.54) is 173 Å². The molecule has 0 fully saturated rings. The van der Waals surface area contributed by atoms with Crippen molar-refractivity contribution in [2.24, 2.45) is 0 Å². The third-order valence-corrected chi connectivity index (χ3v) is 15.4. The van der Waals surface area contributed by atoms with Crippen molar-refractivity contribution in [3.05, 3.63) is 72.9 Å². The van der Waals surface area contributed by atoms with Crippen molar-refractivity contribution in [2.45, 2.75) is 309 Å². The Balaban J connectivity index is 5.01. The topological polar surface area (TPSA) is 111 Å². The van der Waals surface area contributed by atoms with Crippen LogP contribution in [0.1, 0.15) is 297 Å². The van der Waals surface area contributed by atoms with Gasteiger partial charge in [0.25, 0.3) is 0 Å². The number of hydrogen-bond acceptors (Lipinski definition) is 6. The number of hydrogen-bond donors (Lipinski definition) is 2. The zero-order valence-corrected chi connectivity index (χ0v) is 52.8. The van der Waals surface area contributed by atoms with E-state index >= 15 is 0 Å². The van der Waals surface area contributed by atoms with E-state index in [-0.39, 0.29) is 31.5 Å². The van der Waals surface area contributed by atoms with Crippen molar-refractivity contribution < 1.29 is 37.3 Å². The third kappa shape index (κ3) is 58.1. The van der Waals surface area contributed by atoms with Crippen LogP contribution >= 0.6 is 7.82 Å². The zero-order valence-electron chi connectivity index (χ0n) is 51.9. The maximum absolute atomic E-state index is 13.6. The van der Waals surface area contributed by atoms with E-state index in [0.717, 1.165) is 83.5 Å². The van der Waals surface area contributed by atoms with Crippen LogP contribution in [-0.4, -0.2) is 74.3 Å². The highest BCUT2D eigenvalue weighted by atomic mass is 31.2. The van der Waals surface area contributed by atoms with Gasteiger partial charge in [-0.1, -0.05) is 274 Å². The van der Waals surface area contributed by atoms with E-state index in [0.29, 0.717) is 23.9 Å². The predicted octanol–water partition coefficient (Wildman–Crippen LogP) is 20.4. The molecule has 0 rings (SSSR count). The van der Waals surface area contributed by atoms with Crippen LogP contribution in [0.15, 0.2) is 72.9 Å². The van der Waals surface area contributed by atoms with Gasteiger partial charge in [-0.25, -0.2) is 4.57 Å². The van der Waals surface area contributed by atoms with Gasteiger partial charge in [0.15, 0.2) is 0 Å². The Labute approximate surface area is 483 Å². The number of ether oxygens (including phenoxy) is 1. The molecule has 0 saturated carbocycles. The number of nitrogens with one attached hydrogen (secondary N) is 1. The molecule has 0 aliphatic rings. The Morgan fingerprint density at radius 1 is 0.474 bits per heavy atom. The molecule has 0 aromatic carbocycles. The summed E-state index contributed by atoms with van der Waals surface area (Å²) in [4.78, 5) is 37.7. The van der Waals surface area contributed by atoms with Gasteiger partial charge in [0.05, 0.1) is 33.8 Å². The summed E-state index contributed by atoms with van der Waals surface area (Å²) in [6.07, 6.45) is 74.9. The molecule has 78 heavy (non-hydrogen) atoms. The quantitative estimate of drug-likeness (QED) is 0.0156. The highest BCUT2D eigenvalue weighted by Crippen LogP contribution is 2.43. The average molecular weight is 1110 g/mol. The Hall–Kier alpha value is -2.55. The number of amides is 1. The highest BCUT2D eigenvalue weighted by Gasteiger charge is 2.30. The van der Waals surface area contributed by atoms with Crippen LogP contribution in [0.5, 0.6) is 0 Å². The minimum Gasteiger partial charge on any atom is -0.456 e. The lowest BCUT2D eigenvalue weighted by molar-refractivity contribution is -0.870. The molecule has 0 spiro atoms. The first-order valence-corrected chi connectivity index (χ1v) is 34.3. The number of likely N-dealkylation sites (N-methyl/N-ethyl adjacent to an activating group) is 1. The van der Waals surface area contributed by atoms with Gasteiger partial charge in [0.1, 0.15) is 19.3 Å². The molecule has 0 aliphatic heterocycles. The van der Waals surface area contributed by atoms with Gasteiger partial charge in [-0.2, -0.15) is 0 Å². The van der Waals surface area contributed by atoms with Gasteiger partial charge >= 0.3 is 13.8 Å². The summed E-state index contributed by atoms with van der Waals surface area (Å²) in [5, 5.41) is 3.06. The van der Waals surface area contributed by atoms with Gasteiger partial charge < -0.3 is 19.4 Å². The number of unbranched alkanes of at least 4 members (excludes halogenated alkanes) is 35. The van der Waals surface area contributed by atoms with Gasteiger partial charge in [0, 0.05) is 12.8 Å². The maximum atomic E-state index is 13.6. The van der Waals surface area contributed by atoms with Crippen molar-refractivity contribution in [1.29, 1.82) is 0 Å². The molecular weight excluding hydrogens is 988 g/mol. The largest absolute Gasteiger partial charge is 0.472 e. The second-order valence-corrected chi connectivity index (χ2v) is 24.8. The number of phosphoric ester groups is 1. The molecule has 0 aromatic heterocycles. The van der Waals surface area contributed by atoms with Crippen LogP contribution in [0.25, 0.3) is 0 Å². The SMILES string of the molecule is CC/C=C/C=C/C=C\CCCCCCCC(=O)OC(/C=C\CCCCCCCCCCCC)C(COP(=O)(O)OCC[N+](C)(C)C)NC(=O)CCCCCCCCCCCCCCCCCCC/C=C\C/C=C\CCCCC. The normalized spacial score (nSPS) is 14.1. The minimum absolute atomic E-state index is 0.0356. The molecule has 0 saturated heterocycles. The van der Waals surface area contributed by atoms with Crippen LogP contribution in [0.2, 0.25) is 0 Å². The maximum Gasteiger partial charge on any atom is 0.472 e. The fourth-order valence-electron chi connectivity index (χ4n) is 9.38. The van der Waals surface area contributed by atoms with E-state index in [2.05, 4.69) is 86.8 Å². The first-order valence-electron chi connectivity index (χ1n) is 32.8. The van der Waals surface area contributed by atoms with Gasteiger partial charge in [-0.05, 0) is 83.1 Å². The summed E-state index contributed by atoms with van der Waals surface area (Å²) in [7, 11) is 1.48. The lowest BCUT2D eigenvalue weighted by Crippen LogP contribution is -2.47. The molecule has 0 aromatic rings. The van der Waals surface area contributed by atoms with Crippen LogP contribution in [0.4, 0.5) is 0 Å². The number of carbonyl (C=O) groups excluding carboxylic acids is 2. The molecular formula is C68H126N2O7P+. The van der Waals surface area contributed by atoms with E-state index in [4.69, 9.17) is 13.8 Å². The minimum atomic E-state index is -4.45. The van der Waals surface area contributed by atoms with Crippen molar-refractivity contribution in [3.8, 4) is 0 Å². The summed E-state index contributed by atoms with van der Waals surface area (Å²) in [6, 6.07) is -0.858. The van der Waals surface area contributed by atoms with Crippen LogP contribution < -0.4 is 5.32 Å². The molecule has 2 N–H and O–H groups in total. The second-order valence-electron chi connectivity index (χ2n) is 23.3. The number of allylic oxidation sites excluding steroid dienone is 11. The van der Waals surface area contributed by atoms with E-state index in [9.17, 15) is 19.0 Å². The fourth-order valence-corrected chi connectivity index (χ4v) is 10.1. The predicted molar refractivity (Wildman–Crippen MR) is 337 cm³/mol. The third-order valence-electron chi connectivity index (χ3n) is 14.4. The lowest BCUT2D eigenvalue weighted by Gasteiger charge is -2.27. The molecule has 3 atom stereocenters. The summed E-state index contributed by atoms with van der Waals surface area (Å²) in [5.41, 5.74) is 0. The van der Waals surface area contributed by atoms with Gasteiger partial charge in [-0.15, -0.1) is 0 Å². The first-order chi connectivity index (χ1) is 37.9. The first kappa shape index (κ1) is 75.5. The molecule has 1 amide bonds. The van der Waals surface area contributed by atoms with Gasteiger partial charge in [0.2, 0.25) is 5.91 Å². The van der Waals surface area contributed by atoms with Crippen LogP contribution in [0, 0.1) is 0 Å². The monoisotopic (exact) mass is 1110 g/mol. The van der Waals surface area contributed by atoms with Gasteiger partial charge in [-0.3, -0.25) is 18.6 Å². The zero-order chi connectivity index (χ0) is 57.2. The van der Waals surface area contributed by atoms with E-state index in [1.807, 2.05) is 33.3 Å². The summed E-state index contributed by atoms with van der Waals surface area (Å²) >= 11 is 0. The molecule has 0 heterocycles. The Bertz CT molecular complexity index is 1570. The Morgan fingerprint density at radius 2 is 0.872 bits per heavy atom. The Kier molecular flexibility index (Phi) is 55.8. The number of quaternary nitrogens is 1. The van der Waals surface area contributed by atoms with Crippen molar-refractivity contribution in [3.63, 3.8) is 0 Å². The molecule has 0 radical (unpaired) electrons. The average Bonchev–Trinajstić information content (AvgIpc) is 3.40. The Morgan fingerprint density at radius 3 is 1.35 bits per heavy atom. The number of phosphoric acid groups is 1. The summed E-state index contributed by atoms with van der Waals surface area (Å²) in [5.74, 6) is -0.523. The number of rotatable bonds is 59. The summed E-state index contributed by atoms with van der Waals surface area (Å²) in [6.45, 7) is 6.86. The molecule has 3 unspecified atom stereocenters. The molecule has 0 aliphatic carbocycles. The smallest absolute Gasteiger partial charge is 0.456 e. The number of nitrogens with zero attached hydrogens (tertiary/aromatic N) is 1. The van der Waals surface area contributed by atoms with Crippen LogP contribution in [-0.2, 0) is 27.9 Å². The van der Waals surface area contributed by atoms with Crippen molar-refractivity contribution in [2.75, 3.05) is 40.9 Å². The number of carbonyl (C=O) groups is 2. The lowest BCUT2D eigenvalue weighted by atomic mass is 10.0.